The van der Waals surface area contributed by atoms with Gasteiger partial charge < -0.3 is 19.5 Å². The third-order valence-corrected chi connectivity index (χ3v) is 7.51. The molecule has 2 aromatic rings. The normalized spacial score (nSPS) is 23.2. The summed E-state index contributed by atoms with van der Waals surface area (Å²) in [6, 6.07) is 12.0. The Bertz CT molecular complexity index is 1400. The number of nitrogens with zero attached hydrogens (tertiary/aromatic N) is 2. The number of amides is 1. The van der Waals surface area contributed by atoms with Crippen LogP contribution in [0.5, 0.6) is 0 Å². The molecule has 1 amide bonds. The average molecular weight is 568 g/mol. The first-order chi connectivity index (χ1) is 17.8. The first kappa shape index (κ1) is 24.7. The molecule has 2 aromatic carbocycles. The predicted octanol–water partition coefficient (Wildman–Crippen LogP) is 2.58. The van der Waals surface area contributed by atoms with Crippen molar-refractivity contribution in [2.45, 2.75) is 23.9 Å². The van der Waals surface area contributed by atoms with Crippen molar-refractivity contribution < 1.29 is 33.4 Å². The summed E-state index contributed by atoms with van der Waals surface area (Å²) in [6.07, 6.45) is 0.0599. The number of halogens is 1. The quantitative estimate of drug-likeness (QED) is 0.441. The van der Waals surface area contributed by atoms with Gasteiger partial charge in [0.25, 0.3) is 5.91 Å². The number of benzene rings is 2. The molecule has 3 atom stereocenters. The van der Waals surface area contributed by atoms with Gasteiger partial charge in [0.1, 0.15) is 11.9 Å². The third-order valence-electron chi connectivity index (χ3n) is 6.98. The Morgan fingerprint density at radius 2 is 1.65 bits per heavy atom. The molecule has 0 aromatic heterocycles. The fourth-order valence-corrected chi connectivity index (χ4v) is 5.67. The molecule has 3 aliphatic rings. The molecule has 3 heterocycles. The summed E-state index contributed by atoms with van der Waals surface area (Å²) in [7, 11) is 3.61. The summed E-state index contributed by atoms with van der Waals surface area (Å²) in [5, 5.41) is 3.31. The lowest BCUT2D eigenvalue weighted by Gasteiger charge is -2.37. The minimum atomic E-state index is -1.15. The van der Waals surface area contributed by atoms with Crippen molar-refractivity contribution in [2.75, 3.05) is 26.6 Å². The standard InChI is InChI=1S/C26H22BrN3O7/c1-35-22(32)17-12-26-15-6-4-5-7-16(15)28-20(26)18(23(33)36-2)19(24(34)37-3)29-25(26)30(17)21(31)13-8-10-14(27)11-9-13/h4-11,17,20,28H,12H2,1-3H3/t17-,20-,26-/m0/s1. The van der Waals surface area contributed by atoms with Crippen LogP contribution in [0.2, 0.25) is 0 Å². The fourth-order valence-electron chi connectivity index (χ4n) is 5.41. The van der Waals surface area contributed by atoms with Gasteiger partial charge in [0.05, 0.1) is 38.4 Å². The molecular weight excluding hydrogens is 546 g/mol. The van der Waals surface area contributed by atoms with Crippen molar-refractivity contribution >= 4 is 51.3 Å². The lowest BCUT2D eigenvalue weighted by atomic mass is 9.69. The highest BCUT2D eigenvalue weighted by atomic mass is 79.9. The first-order valence-corrected chi connectivity index (χ1v) is 12.1. The number of para-hydroxylation sites is 1. The van der Waals surface area contributed by atoms with Gasteiger partial charge in [0, 0.05) is 15.7 Å². The van der Waals surface area contributed by atoms with E-state index in [2.05, 4.69) is 26.2 Å². The molecule has 0 radical (unpaired) electrons. The van der Waals surface area contributed by atoms with Gasteiger partial charge in [0.2, 0.25) is 0 Å². The van der Waals surface area contributed by atoms with E-state index in [9.17, 15) is 19.2 Å². The minimum absolute atomic E-state index is 0.0455. The van der Waals surface area contributed by atoms with E-state index in [4.69, 9.17) is 14.2 Å². The van der Waals surface area contributed by atoms with E-state index in [1.165, 1.54) is 26.2 Å². The Balaban J connectivity index is 1.81. The molecule has 190 valence electrons. The smallest absolute Gasteiger partial charge is 0.357 e. The van der Waals surface area contributed by atoms with Crippen LogP contribution >= 0.6 is 15.9 Å². The highest BCUT2D eigenvalue weighted by molar-refractivity contribution is 9.10. The number of anilines is 1. The van der Waals surface area contributed by atoms with Crippen LogP contribution in [0.4, 0.5) is 5.69 Å². The summed E-state index contributed by atoms with van der Waals surface area (Å²) in [5.74, 6) is -2.67. The van der Waals surface area contributed by atoms with Crippen LogP contribution in [-0.4, -0.2) is 68.0 Å². The van der Waals surface area contributed by atoms with Gasteiger partial charge in [-0.3, -0.25) is 9.69 Å². The van der Waals surface area contributed by atoms with E-state index >= 15 is 0 Å². The van der Waals surface area contributed by atoms with Crippen LogP contribution in [-0.2, 0) is 34.0 Å². The number of amidine groups is 1. The maximum absolute atomic E-state index is 13.9. The minimum Gasteiger partial charge on any atom is -0.467 e. The number of aliphatic imine (C=N–C) groups is 1. The summed E-state index contributed by atoms with van der Waals surface area (Å²) >= 11 is 3.36. The van der Waals surface area contributed by atoms with E-state index in [1.807, 2.05) is 24.3 Å². The number of esters is 3. The van der Waals surface area contributed by atoms with Crippen molar-refractivity contribution in [1.82, 2.24) is 4.90 Å². The number of ether oxygens (including phenoxy) is 3. The molecule has 0 bridgehead atoms. The van der Waals surface area contributed by atoms with Gasteiger partial charge in [-0.15, -0.1) is 0 Å². The van der Waals surface area contributed by atoms with E-state index in [0.717, 1.165) is 10.0 Å². The summed E-state index contributed by atoms with van der Waals surface area (Å²) < 4.78 is 15.8. The zero-order chi connectivity index (χ0) is 26.5. The first-order valence-electron chi connectivity index (χ1n) is 11.3. The second-order valence-corrected chi connectivity index (χ2v) is 9.62. The molecule has 1 N–H and O–H groups in total. The molecule has 37 heavy (non-hydrogen) atoms. The van der Waals surface area contributed by atoms with Crippen molar-refractivity contribution in [3.63, 3.8) is 0 Å². The average Bonchev–Trinajstić information content (AvgIpc) is 3.45. The van der Waals surface area contributed by atoms with Crippen LogP contribution < -0.4 is 5.32 Å². The Morgan fingerprint density at radius 3 is 2.30 bits per heavy atom. The van der Waals surface area contributed by atoms with Crippen LogP contribution in [0.1, 0.15) is 22.3 Å². The Labute approximate surface area is 220 Å². The van der Waals surface area contributed by atoms with Gasteiger partial charge in [0.15, 0.2) is 5.70 Å². The van der Waals surface area contributed by atoms with Gasteiger partial charge in [-0.05, 0) is 42.3 Å². The Kier molecular flexibility index (Phi) is 6.10. The second kappa shape index (κ2) is 9.15. The summed E-state index contributed by atoms with van der Waals surface area (Å²) in [5.41, 5.74) is 0.204. The summed E-state index contributed by atoms with van der Waals surface area (Å²) in [6.45, 7) is 0. The Morgan fingerprint density at radius 1 is 0.973 bits per heavy atom. The third kappa shape index (κ3) is 3.56. The fraction of sp³-hybridized carbons (Fsp3) is 0.269. The van der Waals surface area contributed by atoms with Crippen molar-refractivity contribution in [3.05, 3.63) is 75.4 Å². The molecule has 11 heteroatoms. The predicted molar refractivity (Wildman–Crippen MR) is 135 cm³/mol. The monoisotopic (exact) mass is 567 g/mol. The number of carbonyl (C=O) groups excluding carboxylic acids is 4. The van der Waals surface area contributed by atoms with Crippen molar-refractivity contribution in [3.8, 4) is 0 Å². The van der Waals surface area contributed by atoms with E-state index in [0.29, 0.717) is 11.3 Å². The molecule has 10 nitrogen and oxygen atoms in total. The Hall–Kier alpha value is -3.99. The van der Waals surface area contributed by atoms with Gasteiger partial charge in [-0.25, -0.2) is 19.4 Å². The number of methoxy groups -OCH3 is 3. The van der Waals surface area contributed by atoms with Crippen molar-refractivity contribution in [1.29, 1.82) is 0 Å². The number of hydrogen-bond donors (Lipinski definition) is 1. The van der Waals surface area contributed by atoms with E-state index in [1.54, 1.807) is 24.3 Å². The van der Waals surface area contributed by atoms with E-state index < -0.39 is 41.3 Å². The lowest BCUT2D eigenvalue weighted by molar-refractivity contribution is -0.144. The highest BCUT2D eigenvalue weighted by Crippen LogP contribution is 2.55. The van der Waals surface area contributed by atoms with Crippen molar-refractivity contribution in [2.24, 2.45) is 4.99 Å². The number of fused-ring (bicyclic) bond motifs is 1. The molecular formula is C26H22BrN3O7. The molecule has 1 fully saturated rings. The number of likely N-dealkylation sites (tertiary alicyclic amines) is 1. The molecule has 0 saturated carbocycles. The molecule has 5 rings (SSSR count). The van der Waals surface area contributed by atoms with Gasteiger partial charge in [-0.2, -0.15) is 0 Å². The molecule has 1 spiro atoms. The maximum atomic E-state index is 13.9. The van der Waals surface area contributed by atoms with Gasteiger partial charge >= 0.3 is 17.9 Å². The van der Waals surface area contributed by atoms with Crippen LogP contribution in [0.3, 0.4) is 0 Å². The SMILES string of the molecule is COC(=O)C1=C(C(=O)OC)[C@@H]2Nc3ccccc3[C@@]23C[C@@H](C(=O)OC)N(C(=O)c2ccc(Br)cc2)C3=N1. The molecule has 0 unspecified atom stereocenters. The zero-order valence-electron chi connectivity index (χ0n) is 20.1. The topological polar surface area (TPSA) is 124 Å². The van der Waals surface area contributed by atoms with Crippen LogP contribution in [0, 0.1) is 0 Å². The molecule has 0 aliphatic carbocycles. The van der Waals surface area contributed by atoms with Gasteiger partial charge in [-0.1, -0.05) is 34.1 Å². The van der Waals surface area contributed by atoms with Crippen LogP contribution in [0.25, 0.3) is 0 Å². The zero-order valence-corrected chi connectivity index (χ0v) is 21.7. The van der Waals surface area contributed by atoms with Crippen LogP contribution in [0.15, 0.2) is 69.3 Å². The number of carbonyl (C=O) groups is 4. The number of hydrogen-bond acceptors (Lipinski definition) is 9. The molecule has 3 aliphatic heterocycles. The number of nitrogens with one attached hydrogen (secondary N) is 1. The number of rotatable bonds is 4. The largest absolute Gasteiger partial charge is 0.467 e. The summed E-state index contributed by atoms with van der Waals surface area (Å²) in [4.78, 5) is 58.8. The lowest BCUT2D eigenvalue weighted by Crippen LogP contribution is -2.53. The van der Waals surface area contributed by atoms with E-state index in [-0.39, 0.29) is 23.5 Å². The molecule has 1 saturated heterocycles. The maximum Gasteiger partial charge on any atom is 0.357 e. The second-order valence-electron chi connectivity index (χ2n) is 8.70. The highest BCUT2D eigenvalue weighted by Gasteiger charge is 2.66.